The van der Waals surface area contributed by atoms with E-state index in [0.29, 0.717) is 17.2 Å². The summed E-state index contributed by atoms with van der Waals surface area (Å²) < 4.78 is 37.3. The summed E-state index contributed by atoms with van der Waals surface area (Å²) in [6, 6.07) is 12.1. The van der Waals surface area contributed by atoms with Crippen LogP contribution in [0.1, 0.15) is 18.5 Å². The van der Waals surface area contributed by atoms with Crippen LogP contribution in [0.5, 0.6) is 5.75 Å². The molecular weight excluding hydrogens is 380 g/mol. The first-order chi connectivity index (χ1) is 14.0. The van der Waals surface area contributed by atoms with Crippen molar-refractivity contribution in [3.63, 3.8) is 0 Å². The number of nitrogens with zero attached hydrogens (tertiary/aromatic N) is 2. The number of hydrogen-bond donors (Lipinski definition) is 1. The van der Waals surface area contributed by atoms with E-state index in [4.69, 9.17) is 9.26 Å². The molecule has 0 spiro atoms. The van der Waals surface area contributed by atoms with Crippen LogP contribution < -0.4 is 10.1 Å². The predicted molar refractivity (Wildman–Crippen MR) is 102 cm³/mol. The van der Waals surface area contributed by atoms with Crippen molar-refractivity contribution in [1.29, 1.82) is 0 Å². The van der Waals surface area contributed by atoms with E-state index in [0.717, 1.165) is 30.5 Å². The zero-order chi connectivity index (χ0) is 20.4. The Morgan fingerprint density at radius 3 is 2.72 bits per heavy atom. The lowest BCUT2D eigenvalue weighted by Gasteiger charge is -2.21. The van der Waals surface area contributed by atoms with E-state index in [1.807, 2.05) is 24.3 Å². The van der Waals surface area contributed by atoms with E-state index in [2.05, 4.69) is 10.5 Å². The van der Waals surface area contributed by atoms with Gasteiger partial charge in [-0.25, -0.2) is 13.6 Å². The SMILES string of the molecule is COc1ccccc1-c1cc(CN(C(=O)Nc2ccc(F)c(F)c2)C2CC2)no1. The lowest BCUT2D eigenvalue weighted by atomic mass is 10.1. The highest BCUT2D eigenvalue weighted by atomic mass is 19.2. The Kier molecular flexibility index (Phi) is 5.16. The van der Waals surface area contributed by atoms with Gasteiger partial charge in [-0.2, -0.15) is 0 Å². The van der Waals surface area contributed by atoms with Crippen LogP contribution in [0.3, 0.4) is 0 Å². The second kappa shape index (κ2) is 7.90. The Labute approximate surface area is 166 Å². The molecule has 1 fully saturated rings. The summed E-state index contributed by atoms with van der Waals surface area (Å²) in [7, 11) is 1.58. The molecule has 8 heteroatoms. The molecule has 0 saturated heterocycles. The minimum atomic E-state index is -1.02. The third-order valence-corrected chi connectivity index (χ3v) is 4.68. The number of carbonyl (C=O) groups excluding carboxylic acids is 1. The lowest BCUT2D eigenvalue weighted by Crippen LogP contribution is -2.36. The number of halogens is 2. The standard InChI is InChI=1S/C21H19F2N3O3/c1-28-19-5-3-2-4-16(19)20-11-14(25-29-20)12-26(15-7-8-15)21(27)24-13-6-9-17(22)18(23)10-13/h2-6,9-11,15H,7-8,12H2,1H3,(H,24,27). The van der Waals surface area contributed by atoms with Crippen molar-refractivity contribution in [3.05, 3.63) is 65.9 Å². The number of ether oxygens (including phenoxy) is 1. The van der Waals surface area contributed by atoms with Crippen LogP contribution in [-0.4, -0.2) is 29.2 Å². The summed E-state index contributed by atoms with van der Waals surface area (Å²) in [6.07, 6.45) is 1.75. The number of benzene rings is 2. The molecule has 4 rings (SSSR count). The molecule has 3 aromatic rings. The molecule has 0 bridgehead atoms. The summed E-state index contributed by atoms with van der Waals surface area (Å²) in [6.45, 7) is 0.235. The number of carbonyl (C=O) groups is 1. The number of nitrogens with one attached hydrogen (secondary N) is 1. The van der Waals surface area contributed by atoms with Crippen LogP contribution in [0, 0.1) is 11.6 Å². The number of amides is 2. The van der Waals surface area contributed by atoms with Crippen molar-refractivity contribution in [1.82, 2.24) is 10.1 Å². The summed E-state index contributed by atoms with van der Waals surface area (Å²) in [4.78, 5) is 14.3. The summed E-state index contributed by atoms with van der Waals surface area (Å²) in [5.74, 6) is -0.785. The highest BCUT2D eigenvalue weighted by Crippen LogP contribution is 2.32. The molecule has 2 aromatic carbocycles. The maximum Gasteiger partial charge on any atom is 0.322 e. The number of rotatable bonds is 6. The molecule has 1 heterocycles. The molecule has 6 nitrogen and oxygen atoms in total. The van der Waals surface area contributed by atoms with Crippen LogP contribution in [0.2, 0.25) is 0 Å². The van der Waals surface area contributed by atoms with Gasteiger partial charge < -0.3 is 19.5 Å². The fourth-order valence-electron chi connectivity index (χ4n) is 3.06. The van der Waals surface area contributed by atoms with Gasteiger partial charge in [-0.15, -0.1) is 0 Å². The molecular formula is C21H19F2N3O3. The van der Waals surface area contributed by atoms with Crippen molar-refractivity contribution >= 4 is 11.7 Å². The molecule has 1 N–H and O–H groups in total. The number of anilines is 1. The van der Waals surface area contributed by atoms with E-state index in [1.165, 1.54) is 6.07 Å². The number of urea groups is 1. The van der Waals surface area contributed by atoms with Crippen molar-refractivity contribution < 1.29 is 22.8 Å². The van der Waals surface area contributed by atoms with Crippen LogP contribution in [0.15, 0.2) is 53.1 Å². The highest BCUT2D eigenvalue weighted by Gasteiger charge is 2.33. The molecule has 0 aliphatic heterocycles. The molecule has 1 aliphatic rings. The molecule has 1 aromatic heterocycles. The van der Waals surface area contributed by atoms with Crippen molar-refractivity contribution in [2.45, 2.75) is 25.4 Å². The van der Waals surface area contributed by atoms with Gasteiger partial charge in [0.1, 0.15) is 11.4 Å². The van der Waals surface area contributed by atoms with Gasteiger partial charge in [0.05, 0.1) is 19.2 Å². The lowest BCUT2D eigenvalue weighted by molar-refractivity contribution is 0.204. The van der Waals surface area contributed by atoms with Gasteiger partial charge in [-0.05, 0) is 37.1 Å². The quantitative estimate of drug-likeness (QED) is 0.645. The summed E-state index contributed by atoms with van der Waals surface area (Å²) in [5.41, 5.74) is 1.53. The molecule has 1 aliphatic carbocycles. The molecule has 29 heavy (non-hydrogen) atoms. The third kappa shape index (κ3) is 4.21. The van der Waals surface area contributed by atoms with Gasteiger partial charge in [-0.3, -0.25) is 0 Å². The van der Waals surface area contributed by atoms with Crippen molar-refractivity contribution in [3.8, 4) is 17.1 Å². The van der Waals surface area contributed by atoms with E-state index >= 15 is 0 Å². The Morgan fingerprint density at radius 1 is 1.21 bits per heavy atom. The molecule has 0 atom stereocenters. The molecule has 150 valence electrons. The Balaban J connectivity index is 1.50. The zero-order valence-corrected chi connectivity index (χ0v) is 15.7. The van der Waals surface area contributed by atoms with E-state index in [1.54, 1.807) is 18.1 Å². The number of para-hydroxylation sites is 1. The van der Waals surface area contributed by atoms with Gasteiger partial charge in [0.15, 0.2) is 17.4 Å². The normalized spacial score (nSPS) is 13.2. The summed E-state index contributed by atoms with van der Waals surface area (Å²) >= 11 is 0. The number of aromatic nitrogens is 1. The Bertz CT molecular complexity index is 1030. The molecule has 0 unspecified atom stereocenters. The maximum absolute atomic E-state index is 13.4. The highest BCUT2D eigenvalue weighted by molar-refractivity contribution is 5.89. The molecule has 2 amide bonds. The van der Waals surface area contributed by atoms with Gasteiger partial charge in [0, 0.05) is 23.9 Å². The van der Waals surface area contributed by atoms with E-state index < -0.39 is 17.7 Å². The monoisotopic (exact) mass is 399 g/mol. The average molecular weight is 399 g/mol. The van der Waals surface area contributed by atoms with Crippen LogP contribution >= 0.6 is 0 Å². The smallest absolute Gasteiger partial charge is 0.322 e. The van der Waals surface area contributed by atoms with Crippen LogP contribution in [0.4, 0.5) is 19.3 Å². The minimum absolute atomic E-state index is 0.0757. The largest absolute Gasteiger partial charge is 0.496 e. The number of hydrogen-bond acceptors (Lipinski definition) is 4. The van der Waals surface area contributed by atoms with Gasteiger partial charge in [-0.1, -0.05) is 17.3 Å². The first-order valence-electron chi connectivity index (χ1n) is 9.17. The Morgan fingerprint density at radius 2 is 2.00 bits per heavy atom. The van der Waals surface area contributed by atoms with Gasteiger partial charge >= 0.3 is 6.03 Å². The second-order valence-corrected chi connectivity index (χ2v) is 6.80. The fraction of sp³-hybridized carbons (Fsp3) is 0.238. The topological polar surface area (TPSA) is 67.6 Å². The first kappa shape index (κ1) is 18.9. The van der Waals surface area contributed by atoms with Gasteiger partial charge in [0.25, 0.3) is 0 Å². The van der Waals surface area contributed by atoms with E-state index in [-0.39, 0.29) is 18.3 Å². The zero-order valence-electron chi connectivity index (χ0n) is 15.7. The second-order valence-electron chi connectivity index (χ2n) is 6.80. The van der Waals surface area contributed by atoms with Crippen molar-refractivity contribution in [2.75, 3.05) is 12.4 Å². The third-order valence-electron chi connectivity index (χ3n) is 4.68. The van der Waals surface area contributed by atoms with E-state index in [9.17, 15) is 13.6 Å². The predicted octanol–water partition coefficient (Wildman–Crippen LogP) is 4.82. The van der Waals surface area contributed by atoms with Crippen LogP contribution in [0.25, 0.3) is 11.3 Å². The van der Waals surface area contributed by atoms with Gasteiger partial charge in [0.2, 0.25) is 0 Å². The van der Waals surface area contributed by atoms with Crippen LogP contribution in [-0.2, 0) is 6.54 Å². The first-order valence-corrected chi connectivity index (χ1v) is 9.17. The average Bonchev–Trinajstić information content (AvgIpc) is 3.46. The number of methoxy groups -OCH3 is 1. The molecule has 1 saturated carbocycles. The fourth-order valence-corrected chi connectivity index (χ4v) is 3.06. The summed E-state index contributed by atoms with van der Waals surface area (Å²) in [5, 5.41) is 6.68. The minimum Gasteiger partial charge on any atom is -0.496 e. The van der Waals surface area contributed by atoms with Crippen molar-refractivity contribution in [2.24, 2.45) is 0 Å². The molecule has 0 radical (unpaired) electrons. The Hall–Kier alpha value is -3.42. The maximum atomic E-state index is 13.4.